The Morgan fingerprint density at radius 3 is 2.47 bits per heavy atom. The number of amides is 1. The van der Waals surface area contributed by atoms with Crippen LogP contribution < -0.4 is 10.5 Å². The van der Waals surface area contributed by atoms with E-state index in [2.05, 4.69) is 0 Å². The first-order valence-electron chi connectivity index (χ1n) is 6.23. The monoisotopic (exact) mass is 280 g/mol. The average Bonchev–Trinajstić information content (AvgIpc) is 2.39. The van der Waals surface area contributed by atoms with E-state index in [1.807, 2.05) is 13.8 Å². The van der Waals surface area contributed by atoms with Gasteiger partial charge in [-0.1, -0.05) is 19.1 Å². The summed E-state index contributed by atoms with van der Waals surface area (Å²) in [6.07, 6.45) is 0. The second-order valence-electron chi connectivity index (χ2n) is 4.45. The average molecular weight is 280 g/mol. The van der Waals surface area contributed by atoms with E-state index in [0.29, 0.717) is 23.7 Å². The number of nitrogens with two attached hydrogens (primary N) is 1. The van der Waals surface area contributed by atoms with Crippen molar-refractivity contribution in [2.45, 2.75) is 13.8 Å². The summed E-state index contributed by atoms with van der Waals surface area (Å²) in [5, 5.41) is 0. The molecule has 0 saturated heterocycles. The fourth-order valence-corrected chi connectivity index (χ4v) is 1.74. The van der Waals surface area contributed by atoms with Crippen LogP contribution in [0.5, 0.6) is 5.75 Å². The molecule has 104 valence electrons. The number of thiocarbonyl (C=S) groups is 1. The van der Waals surface area contributed by atoms with E-state index in [1.165, 1.54) is 0 Å². The summed E-state index contributed by atoms with van der Waals surface area (Å²) in [7, 11) is 1.74. The molecule has 19 heavy (non-hydrogen) atoms. The number of carbonyl (C=O) groups is 1. The highest BCUT2D eigenvalue weighted by molar-refractivity contribution is 7.80. The summed E-state index contributed by atoms with van der Waals surface area (Å²) < 4.78 is 5.34. The van der Waals surface area contributed by atoms with Crippen molar-refractivity contribution in [3.8, 4) is 5.75 Å². The molecular formula is C14H20N2O2S. The molecule has 2 N–H and O–H groups in total. The lowest BCUT2D eigenvalue weighted by Crippen LogP contribution is -2.35. The Morgan fingerprint density at radius 2 is 2.00 bits per heavy atom. The fourth-order valence-electron chi connectivity index (χ4n) is 1.66. The highest BCUT2D eigenvalue weighted by Gasteiger charge is 2.15. The molecule has 0 aliphatic heterocycles. The minimum atomic E-state index is -0.0499. The van der Waals surface area contributed by atoms with Crippen LogP contribution in [0.25, 0.3) is 0 Å². The van der Waals surface area contributed by atoms with Crippen molar-refractivity contribution in [1.29, 1.82) is 0 Å². The highest BCUT2D eigenvalue weighted by atomic mass is 32.1. The molecule has 4 nitrogen and oxygen atoms in total. The maximum Gasteiger partial charge on any atom is 0.253 e. The molecule has 1 rings (SSSR count). The Balaban J connectivity index is 2.68. The number of rotatable bonds is 6. The van der Waals surface area contributed by atoms with E-state index in [9.17, 15) is 4.79 Å². The molecule has 0 aliphatic carbocycles. The maximum absolute atomic E-state index is 12.2. The zero-order chi connectivity index (χ0) is 14.4. The van der Waals surface area contributed by atoms with Gasteiger partial charge in [0, 0.05) is 25.1 Å². The third kappa shape index (κ3) is 4.52. The summed E-state index contributed by atoms with van der Waals surface area (Å²) >= 11 is 4.91. The number of nitrogens with zero attached hydrogens (tertiary/aromatic N) is 1. The summed E-state index contributed by atoms with van der Waals surface area (Å²) in [4.78, 5) is 14.2. The van der Waals surface area contributed by atoms with Crippen molar-refractivity contribution in [2.24, 2.45) is 11.7 Å². The first-order valence-corrected chi connectivity index (χ1v) is 6.64. The summed E-state index contributed by atoms with van der Waals surface area (Å²) in [6, 6.07) is 7.10. The predicted molar refractivity (Wildman–Crippen MR) is 80.5 cm³/mol. The molecule has 1 aromatic rings. The number of ether oxygens (including phenoxy) is 1. The smallest absolute Gasteiger partial charge is 0.253 e. The Hall–Kier alpha value is -1.62. The lowest BCUT2D eigenvalue weighted by Gasteiger charge is -2.21. The topological polar surface area (TPSA) is 55.6 Å². The Morgan fingerprint density at radius 1 is 1.42 bits per heavy atom. The molecule has 0 saturated carbocycles. The lowest BCUT2D eigenvalue weighted by atomic mass is 10.1. The van der Waals surface area contributed by atoms with Crippen molar-refractivity contribution < 1.29 is 9.53 Å². The Kier molecular flexibility index (Phi) is 5.76. The zero-order valence-electron chi connectivity index (χ0n) is 11.6. The van der Waals surface area contributed by atoms with Gasteiger partial charge in [0.2, 0.25) is 0 Å². The van der Waals surface area contributed by atoms with Crippen LogP contribution in [0, 0.1) is 5.92 Å². The minimum absolute atomic E-state index is 0.00616. The molecule has 1 amide bonds. The highest BCUT2D eigenvalue weighted by Crippen LogP contribution is 2.14. The standard InChI is InChI=1S/C14H20N2O2S/c1-4-18-12-7-5-11(6-8-12)14(17)16(3)9-10(2)13(15)19/h5-8,10H,4,9H2,1-3H3,(H2,15,19). The molecule has 0 bridgehead atoms. The fraction of sp³-hybridized carbons (Fsp3) is 0.429. The van der Waals surface area contributed by atoms with Crippen molar-refractivity contribution in [1.82, 2.24) is 4.90 Å². The summed E-state index contributed by atoms with van der Waals surface area (Å²) in [6.45, 7) is 4.95. The van der Waals surface area contributed by atoms with Gasteiger partial charge < -0.3 is 15.4 Å². The minimum Gasteiger partial charge on any atom is -0.494 e. The van der Waals surface area contributed by atoms with Crippen molar-refractivity contribution in [3.63, 3.8) is 0 Å². The SMILES string of the molecule is CCOc1ccc(C(=O)N(C)CC(C)C(N)=S)cc1. The third-order valence-electron chi connectivity index (χ3n) is 2.79. The van der Waals surface area contributed by atoms with Gasteiger partial charge in [0.25, 0.3) is 5.91 Å². The molecule has 5 heteroatoms. The van der Waals surface area contributed by atoms with E-state index in [1.54, 1.807) is 36.2 Å². The van der Waals surface area contributed by atoms with Crippen molar-refractivity contribution in [2.75, 3.05) is 20.2 Å². The molecule has 0 fully saturated rings. The Labute approximate surface area is 119 Å². The Bertz CT molecular complexity index is 445. The normalized spacial score (nSPS) is 11.7. The quantitative estimate of drug-likeness (QED) is 0.811. The second kappa shape index (κ2) is 7.09. The van der Waals surface area contributed by atoms with Gasteiger partial charge in [-0.3, -0.25) is 4.79 Å². The molecule has 1 atom stereocenters. The second-order valence-corrected chi connectivity index (χ2v) is 4.92. The van der Waals surface area contributed by atoms with Crippen LogP contribution in [-0.2, 0) is 0 Å². The van der Waals surface area contributed by atoms with Gasteiger partial charge >= 0.3 is 0 Å². The molecular weight excluding hydrogens is 260 g/mol. The van der Waals surface area contributed by atoms with Gasteiger partial charge in [-0.25, -0.2) is 0 Å². The largest absolute Gasteiger partial charge is 0.494 e. The van der Waals surface area contributed by atoms with Gasteiger partial charge in [-0.2, -0.15) is 0 Å². The van der Waals surface area contributed by atoms with Crippen LogP contribution in [0.2, 0.25) is 0 Å². The van der Waals surface area contributed by atoms with Crippen molar-refractivity contribution in [3.05, 3.63) is 29.8 Å². The van der Waals surface area contributed by atoms with Gasteiger partial charge in [-0.05, 0) is 31.2 Å². The van der Waals surface area contributed by atoms with Gasteiger partial charge in [0.15, 0.2) is 0 Å². The first kappa shape index (κ1) is 15.4. The number of hydrogen-bond donors (Lipinski definition) is 1. The molecule has 0 heterocycles. The molecule has 0 radical (unpaired) electrons. The van der Waals surface area contributed by atoms with Crippen LogP contribution >= 0.6 is 12.2 Å². The van der Waals surface area contributed by atoms with E-state index in [4.69, 9.17) is 22.7 Å². The molecule has 0 spiro atoms. The van der Waals surface area contributed by atoms with Crippen LogP contribution in [-0.4, -0.2) is 36.0 Å². The summed E-state index contributed by atoms with van der Waals surface area (Å²) in [5.74, 6) is 0.719. The maximum atomic E-state index is 12.2. The third-order valence-corrected chi connectivity index (χ3v) is 3.19. The van der Waals surface area contributed by atoms with E-state index in [-0.39, 0.29) is 11.8 Å². The molecule has 0 aromatic heterocycles. The zero-order valence-corrected chi connectivity index (χ0v) is 12.4. The van der Waals surface area contributed by atoms with Crippen LogP contribution in [0.1, 0.15) is 24.2 Å². The number of benzene rings is 1. The van der Waals surface area contributed by atoms with E-state index < -0.39 is 0 Å². The van der Waals surface area contributed by atoms with Gasteiger partial charge in [0.1, 0.15) is 5.75 Å². The first-order chi connectivity index (χ1) is 8.95. The van der Waals surface area contributed by atoms with Gasteiger partial charge in [-0.15, -0.1) is 0 Å². The lowest BCUT2D eigenvalue weighted by molar-refractivity contribution is 0.0787. The van der Waals surface area contributed by atoms with Crippen molar-refractivity contribution >= 4 is 23.1 Å². The van der Waals surface area contributed by atoms with Gasteiger partial charge in [0.05, 0.1) is 11.6 Å². The van der Waals surface area contributed by atoms with E-state index in [0.717, 1.165) is 5.75 Å². The van der Waals surface area contributed by atoms with Crippen LogP contribution in [0.15, 0.2) is 24.3 Å². The predicted octanol–water partition coefficient (Wildman–Crippen LogP) is 2.08. The van der Waals surface area contributed by atoms with Crippen LogP contribution in [0.4, 0.5) is 0 Å². The van der Waals surface area contributed by atoms with Crippen LogP contribution in [0.3, 0.4) is 0 Å². The summed E-state index contributed by atoms with van der Waals surface area (Å²) in [5.41, 5.74) is 6.18. The number of hydrogen-bond acceptors (Lipinski definition) is 3. The number of carbonyl (C=O) groups excluding carboxylic acids is 1. The molecule has 1 aromatic carbocycles. The molecule has 0 aliphatic rings. The molecule has 1 unspecified atom stereocenters. The van der Waals surface area contributed by atoms with E-state index >= 15 is 0 Å².